The first kappa shape index (κ1) is 25.6. The Morgan fingerprint density at radius 1 is 0.871 bits per heavy atom. The van der Waals surface area contributed by atoms with Crippen molar-refractivity contribution >= 4 is 7.67 Å². The number of piperidine rings is 1. The lowest BCUT2D eigenvalue weighted by molar-refractivity contribution is -0.102. The Kier molecular flexibility index (Phi) is 9.43. The Morgan fingerprint density at radius 3 is 2.16 bits per heavy atom. The lowest BCUT2D eigenvalue weighted by atomic mass is 10.0. The molecule has 0 aromatic heterocycles. The molecule has 0 aliphatic carbocycles. The molecule has 3 rings (SSSR count). The van der Waals surface area contributed by atoms with E-state index in [2.05, 4.69) is 55.8 Å². The Hall–Kier alpha value is -0.0100. The highest BCUT2D eigenvalue weighted by Crippen LogP contribution is 2.56. The molecule has 8 heteroatoms. The Balaban J connectivity index is 1.73. The second-order valence-corrected chi connectivity index (χ2v) is 12.9. The van der Waals surface area contributed by atoms with Crippen molar-refractivity contribution in [1.29, 1.82) is 0 Å². The van der Waals surface area contributed by atoms with Crippen LogP contribution in [-0.4, -0.2) is 90.6 Å². The highest BCUT2D eigenvalue weighted by molar-refractivity contribution is 7.54. The average molecular weight is 460 g/mol. The minimum absolute atomic E-state index is 0.0470. The first-order valence-corrected chi connectivity index (χ1v) is 14.0. The molecular weight excluding hydrogens is 413 g/mol. The van der Waals surface area contributed by atoms with Crippen LogP contribution in [0.1, 0.15) is 67.2 Å². The fourth-order valence-corrected chi connectivity index (χ4v) is 7.79. The van der Waals surface area contributed by atoms with Gasteiger partial charge in [-0.1, -0.05) is 20.3 Å². The fourth-order valence-electron chi connectivity index (χ4n) is 5.13. The lowest BCUT2D eigenvalue weighted by Crippen LogP contribution is -2.51. The van der Waals surface area contributed by atoms with Crippen LogP contribution >= 0.6 is 7.67 Å². The molecule has 3 aliphatic heterocycles. The van der Waals surface area contributed by atoms with Crippen molar-refractivity contribution in [3.8, 4) is 0 Å². The number of rotatable bonds is 8. The number of hydrogen-bond acceptors (Lipinski definition) is 5. The van der Waals surface area contributed by atoms with Gasteiger partial charge in [0.15, 0.2) is 0 Å². The molecule has 5 atom stereocenters. The second kappa shape index (κ2) is 11.4. The highest BCUT2D eigenvalue weighted by Gasteiger charge is 2.44. The van der Waals surface area contributed by atoms with Gasteiger partial charge in [0.25, 0.3) is 0 Å². The molecular formula is C23H46N3O4P. The zero-order chi connectivity index (χ0) is 22.6. The summed E-state index contributed by atoms with van der Waals surface area (Å²) in [5.74, 6) is 0.548. The van der Waals surface area contributed by atoms with Gasteiger partial charge < -0.3 is 14.0 Å². The summed E-state index contributed by atoms with van der Waals surface area (Å²) in [6.07, 6.45) is 4.63. The Bertz CT molecular complexity index is 597. The van der Waals surface area contributed by atoms with Crippen LogP contribution in [0.3, 0.4) is 0 Å². The molecule has 3 fully saturated rings. The number of morpholine rings is 2. The van der Waals surface area contributed by atoms with Gasteiger partial charge in [-0.3, -0.25) is 9.46 Å². The summed E-state index contributed by atoms with van der Waals surface area (Å²) in [5, 5.41) is 0. The lowest BCUT2D eigenvalue weighted by Gasteiger charge is -2.46. The van der Waals surface area contributed by atoms with Crippen LogP contribution in [0.25, 0.3) is 0 Å². The predicted octanol–water partition coefficient (Wildman–Crippen LogP) is 4.23. The number of ether oxygens (including phenoxy) is 2. The van der Waals surface area contributed by atoms with E-state index in [1.165, 1.54) is 6.42 Å². The molecule has 0 bridgehead atoms. The number of nitrogens with zero attached hydrogens (tertiary/aromatic N) is 3. The largest absolute Gasteiger partial charge is 0.373 e. The van der Waals surface area contributed by atoms with Gasteiger partial charge in [0.1, 0.15) is 0 Å². The molecule has 0 radical (unpaired) electrons. The van der Waals surface area contributed by atoms with Crippen molar-refractivity contribution in [2.24, 2.45) is 5.92 Å². The predicted molar refractivity (Wildman–Crippen MR) is 125 cm³/mol. The van der Waals surface area contributed by atoms with Crippen LogP contribution in [0.2, 0.25) is 0 Å². The van der Waals surface area contributed by atoms with Crippen LogP contribution in [0.5, 0.6) is 0 Å². The van der Waals surface area contributed by atoms with Crippen molar-refractivity contribution in [2.45, 2.75) is 97.7 Å². The van der Waals surface area contributed by atoms with Crippen LogP contribution in [0.4, 0.5) is 0 Å². The smallest absolute Gasteiger partial charge is 0.346 e. The normalized spacial score (nSPS) is 34.3. The highest BCUT2D eigenvalue weighted by atomic mass is 31.2. The van der Waals surface area contributed by atoms with Gasteiger partial charge in [-0.15, -0.1) is 0 Å². The van der Waals surface area contributed by atoms with E-state index in [9.17, 15) is 4.57 Å². The van der Waals surface area contributed by atoms with Gasteiger partial charge in [-0.2, -0.15) is 0 Å². The second-order valence-electron chi connectivity index (χ2n) is 10.5. The minimum atomic E-state index is -3.13. The number of hydrogen-bond donors (Lipinski definition) is 0. The average Bonchev–Trinajstić information content (AvgIpc) is 2.71. The van der Waals surface area contributed by atoms with E-state index in [-0.39, 0.29) is 24.4 Å². The molecule has 0 amide bonds. The molecule has 182 valence electrons. The summed E-state index contributed by atoms with van der Waals surface area (Å²) in [6, 6.07) is 0.472. The van der Waals surface area contributed by atoms with E-state index in [0.717, 1.165) is 45.4 Å². The minimum Gasteiger partial charge on any atom is -0.373 e. The van der Waals surface area contributed by atoms with Crippen molar-refractivity contribution < 1.29 is 18.6 Å². The molecule has 5 unspecified atom stereocenters. The van der Waals surface area contributed by atoms with Crippen LogP contribution in [0, 0.1) is 5.92 Å². The molecule has 0 saturated carbocycles. The molecule has 7 nitrogen and oxygen atoms in total. The van der Waals surface area contributed by atoms with Crippen molar-refractivity contribution in [2.75, 3.05) is 45.9 Å². The van der Waals surface area contributed by atoms with Gasteiger partial charge in [0, 0.05) is 45.3 Å². The zero-order valence-electron chi connectivity index (χ0n) is 20.7. The molecule has 31 heavy (non-hydrogen) atoms. The molecule has 0 N–H and O–H groups in total. The maximum Gasteiger partial charge on any atom is 0.346 e. The summed E-state index contributed by atoms with van der Waals surface area (Å²) in [7, 11) is -3.13. The van der Waals surface area contributed by atoms with E-state index in [4.69, 9.17) is 14.0 Å². The van der Waals surface area contributed by atoms with E-state index in [0.29, 0.717) is 31.7 Å². The fraction of sp³-hybridized carbons (Fsp3) is 1.00. The SMILES string of the molecule is CC(C)CC1CN(P(=O)(OCC2CN(C(C)C)CC(C)O2)N2CCCCC2)CC(C)O1. The first-order valence-electron chi connectivity index (χ1n) is 12.5. The van der Waals surface area contributed by atoms with Crippen molar-refractivity contribution in [3.05, 3.63) is 0 Å². The standard InChI is InChI=1S/C23H46N3O4P/c1-18(2)12-22-16-26(14-21(6)29-22)31(27,25-10-8-7-9-11-25)28-17-23-15-24(19(3)4)13-20(5)30-23/h18-23H,7-17H2,1-6H3. The topological polar surface area (TPSA) is 54.5 Å². The van der Waals surface area contributed by atoms with Gasteiger partial charge in [-0.25, -0.2) is 9.34 Å². The third kappa shape index (κ3) is 6.99. The Morgan fingerprint density at radius 2 is 1.52 bits per heavy atom. The van der Waals surface area contributed by atoms with Crippen molar-refractivity contribution in [1.82, 2.24) is 14.2 Å². The quantitative estimate of drug-likeness (QED) is 0.504. The third-order valence-electron chi connectivity index (χ3n) is 6.60. The zero-order valence-corrected chi connectivity index (χ0v) is 21.6. The van der Waals surface area contributed by atoms with Gasteiger partial charge in [0.2, 0.25) is 0 Å². The van der Waals surface area contributed by atoms with E-state index in [1.54, 1.807) is 0 Å². The van der Waals surface area contributed by atoms with E-state index < -0.39 is 7.67 Å². The molecule has 3 aliphatic rings. The Labute approximate surface area is 190 Å². The summed E-state index contributed by atoms with van der Waals surface area (Å²) in [6.45, 7) is 18.3. The molecule has 0 aromatic carbocycles. The summed E-state index contributed by atoms with van der Waals surface area (Å²) in [5.41, 5.74) is 0. The third-order valence-corrected chi connectivity index (χ3v) is 9.24. The molecule has 0 spiro atoms. The summed E-state index contributed by atoms with van der Waals surface area (Å²) in [4.78, 5) is 2.43. The molecule has 0 aromatic rings. The maximum absolute atomic E-state index is 14.5. The van der Waals surface area contributed by atoms with E-state index in [1.807, 2.05) is 0 Å². The van der Waals surface area contributed by atoms with Gasteiger partial charge in [0.05, 0.1) is 31.0 Å². The van der Waals surface area contributed by atoms with Gasteiger partial charge in [-0.05, 0) is 52.9 Å². The summed E-state index contributed by atoms with van der Waals surface area (Å²) >= 11 is 0. The van der Waals surface area contributed by atoms with Crippen molar-refractivity contribution in [3.63, 3.8) is 0 Å². The molecule has 3 heterocycles. The molecule has 3 saturated heterocycles. The maximum atomic E-state index is 14.5. The monoisotopic (exact) mass is 459 g/mol. The van der Waals surface area contributed by atoms with Crippen LogP contribution in [-0.2, 0) is 18.6 Å². The first-order chi connectivity index (χ1) is 14.7. The van der Waals surface area contributed by atoms with E-state index >= 15 is 0 Å². The van der Waals surface area contributed by atoms with Gasteiger partial charge >= 0.3 is 7.67 Å². The summed E-state index contributed by atoms with van der Waals surface area (Å²) < 4.78 is 37.6. The van der Waals surface area contributed by atoms with Crippen LogP contribution in [0.15, 0.2) is 0 Å². The van der Waals surface area contributed by atoms with Crippen LogP contribution < -0.4 is 0 Å².